The van der Waals surface area contributed by atoms with Gasteiger partial charge in [-0.05, 0) is 60.9 Å². The van der Waals surface area contributed by atoms with Crippen LogP contribution in [0.15, 0.2) is 85.5 Å². The number of halogens is 1. The molecule has 1 unspecified atom stereocenters. The molecule has 0 radical (unpaired) electrons. The molecule has 1 aliphatic rings. The van der Waals surface area contributed by atoms with E-state index in [2.05, 4.69) is 23.3 Å². The van der Waals surface area contributed by atoms with Gasteiger partial charge in [0.15, 0.2) is 0 Å². The molecule has 1 atom stereocenters. The van der Waals surface area contributed by atoms with Gasteiger partial charge in [-0.3, -0.25) is 4.79 Å². The van der Waals surface area contributed by atoms with E-state index in [4.69, 9.17) is 9.72 Å². The van der Waals surface area contributed by atoms with Crippen molar-refractivity contribution in [2.75, 3.05) is 18.1 Å². The lowest BCUT2D eigenvalue weighted by Gasteiger charge is -2.17. The van der Waals surface area contributed by atoms with E-state index in [1.807, 2.05) is 42.5 Å². The van der Waals surface area contributed by atoms with Gasteiger partial charge in [-0.25, -0.2) is 9.37 Å². The monoisotopic (exact) mass is 469 g/mol. The molecule has 5 nitrogen and oxygen atoms in total. The van der Waals surface area contributed by atoms with Crippen LogP contribution in [0.5, 0.6) is 5.75 Å². The van der Waals surface area contributed by atoms with Crippen LogP contribution in [0.3, 0.4) is 0 Å². The van der Waals surface area contributed by atoms with E-state index in [9.17, 15) is 9.18 Å². The molecule has 35 heavy (non-hydrogen) atoms. The van der Waals surface area contributed by atoms with Crippen molar-refractivity contribution in [1.29, 1.82) is 0 Å². The van der Waals surface area contributed by atoms with Crippen LogP contribution in [0.25, 0.3) is 11.0 Å². The highest BCUT2D eigenvalue weighted by Gasteiger charge is 2.34. The SMILES string of the molecule is C=CCc1ccccc1OCCCn1c(C2CC(=O)N(c3ccc(F)cc3)C2)nc2ccccc21. The first-order chi connectivity index (χ1) is 17.1. The van der Waals surface area contributed by atoms with Gasteiger partial charge in [0, 0.05) is 31.1 Å². The molecular formula is C29H28FN3O2. The Morgan fingerprint density at radius 1 is 1.06 bits per heavy atom. The van der Waals surface area contributed by atoms with Gasteiger partial charge in [-0.2, -0.15) is 0 Å². The molecule has 5 rings (SSSR count). The van der Waals surface area contributed by atoms with E-state index in [1.54, 1.807) is 17.0 Å². The van der Waals surface area contributed by atoms with Crippen molar-refractivity contribution in [3.05, 3.63) is 103 Å². The number of para-hydroxylation sites is 3. The average Bonchev–Trinajstić information content (AvgIpc) is 3.44. The Bertz CT molecular complexity index is 1350. The van der Waals surface area contributed by atoms with Crippen molar-refractivity contribution in [3.8, 4) is 5.75 Å². The molecule has 1 fully saturated rings. The molecule has 0 N–H and O–H groups in total. The van der Waals surface area contributed by atoms with Gasteiger partial charge in [-0.15, -0.1) is 6.58 Å². The summed E-state index contributed by atoms with van der Waals surface area (Å²) in [5.41, 5.74) is 3.82. The highest BCUT2D eigenvalue weighted by atomic mass is 19.1. The molecule has 4 aromatic rings. The number of imidazole rings is 1. The molecule has 0 bridgehead atoms. The number of anilines is 1. The number of rotatable bonds is 9. The topological polar surface area (TPSA) is 47.4 Å². The van der Waals surface area contributed by atoms with Crippen LogP contribution >= 0.6 is 0 Å². The molecule has 1 amide bonds. The number of nitrogens with zero attached hydrogens (tertiary/aromatic N) is 3. The summed E-state index contributed by atoms with van der Waals surface area (Å²) in [5, 5.41) is 0. The fourth-order valence-electron chi connectivity index (χ4n) is 4.77. The normalized spacial score (nSPS) is 15.6. The summed E-state index contributed by atoms with van der Waals surface area (Å²) in [7, 11) is 0. The van der Waals surface area contributed by atoms with E-state index >= 15 is 0 Å². The Labute approximate surface area is 204 Å². The summed E-state index contributed by atoms with van der Waals surface area (Å²) >= 11 is 0. The highest BCUT2D eigenvalue weighted by Crippen LogP contribution is 2.33. The Morgan fingerprint density at radius 3 is 2.66 bits per heavy atom. The van der Waals surface area contributed by atoms with Crippen molar-refractivity contribution in [2.24, 2.45) is 0 Å². The zero-order valence-corrected chi connectivity index (χ0v) is 19.6. The molecule has 6 heteroatoms. The number of amides is 1. The lowest BCUT2D eigenvalue weighted by Crippen LogP contribution is -2.24. The molecule has 1 aliphatic heterocycles. The number of allylic oxidation sites excluding steroid dienone is 1. The molecule has 0 spiro atoms. The van der Waals surface area contributed by atoms with Gasteiger partial charge in [0.1, 0.15) is 17.4 Å². The number of fused-ring (bicyclic) bond motifs is 1. The van der Waals surface area contributed by atoms with Gasteiger partial charge < -0.3 is 14.2 Å². The summed E-state index contributed by atoms with van der Waals surface area (Å²) in [6, 6.07) is 22.2. The number of benzene rings is 3. The van der Waals surface area contributed by atoms with Crippen molar-refractivity contribution in [3.63, 3.8) is 0 Å². The van der Waals surface area contributed by atoms with E-state index in [0.717, 1.165) is 47.6 Å². The number of hydrogen-bond acceptors (Lipinski definition) is 3. The zero-order valence-electron chi connectivity index (χ0n) is 19.6. The molecule has 1 aromatic heterocycles. The van der Waals surface area contributed by atoms with Crippen LogP contribution in [-0.4, -0.2) is 28.6 Å². The smallest absolute Gasteiger partial charge is 0.227 e. The molecule has 1 saturated heterocycles. The third-order valence-corrected chi connectivity index (χ3v) is 6.43. The van der Waals surface area contributed by atoms with Gasteiger partial charge in [0.05, 0.1) is 17.6 Å². The van der Waals surface area contributed by atoms with Gasteiger partial charge >= 0.3 is 0 Å². The summed E-state index contributed by atoms with van der Waals surface area (Å²) in [6.07, 6.45) is 3.83. The minimum atomic E-state index is -0.312. The third kappa shape index (κ3) is 4.83. The second-order valence-corrected chi connectivity index (χ2v) is 8.79. The molecule has 2 heterocycles. The van der Waals surface area contributed by atoms with Gasteiger partial charge in [0.2, 0.25) is 5.91 Å². The van der Waals surface area contributed by atoms with Crippen molar-refractivity contribution in [1.82, 2.24) is 9.55 Å². The number of carbonyl (C=O) groups excluding carboxylic acids is 1. The first kappa shape index (κ1) is 22.8. The molecule has 0 saturated carbocycles. The molecule has 3 aromatic carbocycles. The maximum Gasteiger partial charge on any atom is 0.227 e. The van der Waals surface area contributed by atoms with Crippen LogP contribution in [-0.2, 0) is 17.8 Å². The van der Waals surface area contributed by atoms with Crippen molar-refractivity contribution in [2.45, 2.75) is 31.7 Å². The van der Waals surface area contributed by atoms with Gasteiger partial charge in [-0.1, -0.05) is 36.4 Å². The Morgan fingerprint density at radius 2 is 1.83 bits per heavy atom. The third-order valence-electron chi connectivity index (χ3n) is 6.43. The van der Waals surface area contributed by atoms with Crippen LogP contribution in [0, 0.1) is 5.82 Å². The van der Waals surface area contributed by atoms with Crippen molar-refractivity contribution < 1.29 is 13.9 Å². The predicted molar refractivity (Wildman–Crippen MR) is 136 cm³/mol. The highest BCUT2D eigenvalue weighted by molar-refractivity contribution is 5.96. The zero-order chi connectivity index (χ0) is 24.2. The van der Waals surface area contributed by atoms with Crippen LogP contribution in [0.1, 0.15) is 30.1 Å². The number of carbonyl (C=O) groups is 1. The number of ether oxygens (including phenoxy) is 1. The second kappa shape index (κ2) is 10.1. The molecular weight excluding hydrogens is 441 g/mol. The van der Waals surface area contributed by atoms with E-state index < -0.39 is 0 Å². The quantitative estimate of drug-likeness (QED) is 0.227. The number of aryl methyl sites for hydroxylation is 1. The van der Waals surface area contributed by atoms with Crippen molar-refractivity contribution >= 4 is 22.6 Å². The molecule has 0 aliphatic carbocycles. The lowest BCUT2D eigenvalue weighted by molar-refractivity contribution is -0.117. The standard InChI is InChI=1S/C29H28FN3O2/c1-2-8-21-9-3-6-12-27(21)35-18-7-17-32-26-11-5-4-10-25(26)31-29(32)22-19-28(34)33(20-22)24-15-13-23(30)14-16-24/h2-6,9-16,22H,1,7-8,17-20H2. The summed E-state index contributed by atoms with van der Waals surface area (Å²) < 4.78 is 21.7. The average molecular weight is 470 g/mol. The lowest BCUT2D eigenvalue weighted by atomic mass is 10.1. The summed E-state index contributed by atoms with van der Waals surface area (Å²) in [5.74, 6) is 1.49. The summed E-state index contributed by atoms with van der Waals surface area (Å²) in [6.45, 7) is 5.67. The fraction of sp³-hybridized carbons (Fsp3) is 0.241. The second-order valence-electron chi connectivity index (χ2n) is 8.79. The molecule has 178 valence electrons. The number of aromatic nitrogens is 2. The fourth-order valence-corrected chi connectivity index (χ4v) is 4.77. The Hall–Kier alpha value is -3.93. The first-order valence-electron chi connectivity index (χ1n) is 12.0. The summed E-state index contributed by atoms with van der Waals surface area (Å²) in [4.78, 5) is 19.5. The Balaban J connectivity index is 1.33. The van der Waals surface area contributed by atoms with Crippen LogP contribution in [0.2, 0.25) is 0 Å². The number of hydrogen-bond donors (Lipinski definition) is 0. The van der Waals surface area contributed by atoms with Gasteiger partial charge in [0.25, 0.3) is 0 Å². The largest absolute Gasteiger partial charge is 0.493 e. The van der Waals surface area contributed by atoms with Crippen LogP contribution < -0.4 is 9.64 Å². The maximum absolute atomic E-state index is 13.4. The first-order valence-corrected chi connectivity index (χ1v) is 12.0. The van der Waals surface area contributed by atoms with E-state index in [0.29, 0.717) is 25.3 Å². The van der Waals surface area contributed by atoms with E-state index in [1.165, 1.54) is 12.1 Å². The minimum absolute atomic E-state index is 0.0300. The maximum atomic E-state index is 13.4. The predicted octanol–water partition coefficient (Wildman–Crippen LogP) is 5.89. The Kier molecular flexibility index (Phi) is 6.62. The minimum Gasteiger partial charge on any atom is -0.493 e. The van der Waals surface area contributed by atoms with E-state index in [-0.39, 0.29) is 17.6 Å². The van der Waals surface area contributed by atoms with Crippen LogP contribution in [0.4, 0.5) is 10.1 Å².